The van der Waals surface area contributed by atoms with Gasteiger partial charge in [-0.1, -0.05) is 36.4 Å². The molecule has 0 aliphatic carbocycles. The molecule has 0 bridgehead atoms. The fourth-order valence-electron chi connectivity index (χ4n) is 2.49. The molecular weight excluding hydrogens is 394 g/mol. The first kappa shape index (κ1) is 25.4. The molecule has 2 aromatic carbocycles. The zero-order valence-corrected chi connectivity index (χ0v) is 18.2. The van der Waals surface area contributed by atoms with Crippen LogP contribution in [0.3, 0.4) is 0 Å². The number of carbonyl (C=O) groups is 2. The molecule has 0 aliphatic rings. The van der Waals surface area contributed by atoms with Crippen LogP contribution in [0.5, 0.6) is 11.5 Å². The quantitative estimate of drug-likeness (QED) is 0.314. The number of para-hydroxylation sites is 2. The number of aromatic carboxylic acids is 2. The fourth-order valence-corrected chi connectivity index (χ4v) is 2.49. The van der Waals surface area contributed by atoms with Crippen molar-refractivity contribution in [3.05, 3.63) is 72.1 Å². The predicted molar refractivity (Wildman–Crippen MR) is 95.5 cm³/mol. The number of hydrogen-bond acceptors (Lipinski definition) is 8. The van der Waals surface area contributed by atoms with Crippen LogP contribution < -0.4 is 58.6 Å². The molecule has 0 fully saturated rings. The SMILES string of the molecule is O=C([O-])c1ccc2cccc(O)c2n1.O=C([O-])c1ccc2cccc(O)c2n1.[Li+].[Na+]. The van der Waals surface area contributed by atoms with E-state index in [0.29, 0.717) is 10.8 Å². The molecule has 4 aromatic rings. The normalized spacial score (nSPS) is 9.60. The number of carboxylic acid groups (broad SMARTS) is 2. The molecule has 30 heavy (non-hydrogen) atoms. The Morgan fingerprint density at radius 3 is 1.37 bits per heavy atom. The van der Waals surface area contributed by atoms with Crippen LogP contribution in [-0.2, 0) is 0 Å². The third-order valence-corrected chi connectivity index (χ3v) is 3.82. The Morgan fingerprint density at radius 2 is 1.03 bits per heavy atom. The van der Waals surface area contributed by atoms with Gasteiger partial charge in [-0.2, -0.15) is 0 Å². The van der Waals surface area contributed by atoms with E-state index >= 15 is 0 Å². The van der Waals surface area contributed by atoms with Crippen LogP contribution in [0.25, 0.3) is 21.8 Å². The van der Waals surface area contributed by atoms with Crippen molar-refractivity contribution in [3.63, 3.8) is 0 Å². The number of pyridine rings is 2. The van der Waals surface area contributed by atoms with E-state index in [2.05, 4.69) is 9.97 Å². The summed E-state index contributed by atoms with van der Waals surface area (Å²) in [6, 6.07) is 15.6. The second kappa shape index (κ2) is 11.0. The molecule has 8 nitrogen and oxygen atoms in total. The van der Waals surface area contributed by atoms with Gasteiger partial charge in [0, 0.05) is 10.8 Å². The van der Waals surface area contributed by atoms with Gasteiger partial charge in [0.1, 0.15) is 22.5 Å². The van der Waals surface area contributed by atoms with Gasteiger partial charge in [0.05, 0.1) is 23.3 Å². The van der Waals surface area contributed by atoms with Crippen molar-refractivity contribution >= 4 is 33.7 Å². The summed E-state index contributed by atoms with van der Waals surface area (Å²) in [7, 11) is 0. The predicted octanol–water partition coefficient (Wildman–Crippen LogP) is -5.38. The first-order valence-corrected chi connectivity index (χ1v) is 7.97. The second-order valence-corrected chi connectivity index (χ2v) is 5.67. The van der Waals surface area contributed by atoms with Gasteiger partial charge in [-0.25, -0.2) is 9.97 Å². The van der Waals surface area contributed by atoms with Gasteiger partial charge >= 0.3 is 48.4 Å². The number of aromatic nitrogens is 2. The Bertz CT molecular complexity index is 1120. The molecule has 0 saturated heterocycles. The first-order valence-electron chi connectivity index (χ1n) is 7.97. The number of phenols is 2. The van der Waals surface area contributed by atoms with E-state index in [0.717, 1.165) is 0 Å². The fraction of sp³-hybridized carbons (Fsp3) is 0. The summed E-state index contributed by atoms with van der Waals surface area (Å²) in [6.07, 6.45) is 0. The molecule has 0 saturated carbocycles. The maximum absolute atomic E-state index is 10.5. The minimum absolute atomic E-state index is 0. The van der Waals surface area contributed by atoms with E-state index in [1.54, 1.807) is 36.4 Å². The zero-order chi connectivity index (χ0) is 20.3. The summed E-state index contributed by atoms with van der Waals surface area (Å²) in [6.45, 7) is 0. The van der Waals surface area contributed by atoms with E-state index in [9.17, 15) is 30.0 Å². The maximum Gasteiger partial charge on any atom is 1.00 e. The standard InChI is InChI=1S/2C10H7NO3.Li.Na/c2*12-8-3-1-2-6-4-5-7(10(13)14)11-9(6)8;;/h2*1-5,12H,(H,13,14);;/q;;2*+1/p-2. The zero-order valence-electron chi connectivity index (χ0n) is 16.2. The van der Waals surface area contributed by atoms with Gasteiger partial charge in [0.2, 0.25) is 0 Å². The van der Waals surface area contributed by atoms with E-state index in [-0.39, 0.29) is 82.3 Å². The van der Waals surface area contributed by atoms with Crippen molar-refractivity contribution in [1.82, 2.24) is 9.97 Å². The molecular formula is C20H12LiN2NaO6. The first-order chi connectivity index (χ1) is 13.4. The van der Waals surface area contributed by atoms with Crippen LogP contribution in [0.2, 0.25) is 0 Å². The van der Waals surface area contributed by atoms with Crippen molar-refractivity contribution in [1.29, 1.82) is 0 Å². The van der Waals surface area contributed by atoms with Crippen molar-refractivity contribution in [2.24, 2.45) is 0 Å². The minimum atomic E-state index is -1.35. The number of carbonyl (C=O) groups excluding carboxylic acids is 2. The third kappa shape index (κ3) is 5.72. The molecule has 2 aromatic heterocycles. The van der Waals surface area contributed by atoms with Gasteiger partial charge in [-0.05, 0) is 24.3 Å². The Kier molecular flexibility index (Phi) is 9.30. The van der Waals surface area contributed by atoms with Gasteiger partial charge in [-0.3, -0.25) is 0 Å². The van der Waals surface area contributed by atoms with Crippen molar-refractivity contribution in [2.75, 3.05) is 0 Å². The van der Waals surface area contributed by atoms with Crippen LogP contribution in [0.15, 0.2) is 60.7 Å². The monoisotopic (exact) mass is 406 g/mol. The van der Waals surface area contributed by atoms with E-state index < -0.39 is 11.9 Å². The van der Waals surface area contributed by atoms with Gasteiger partial charge in [0.25, 0.3) is 0 Å². The minimum Gasteiger partial charge on any atom is -0.543 e. The topological polar surface area (TPSA) is 146 Å². The number of fused-ring (bicyclic) bond motifs is 2. The number of hydrogen-bond donors (Lipinski definition) is 2. The van der Waals surface area contributed by atoms with Crippen LogP contribution in [-0.4, -0.2) is 32.1 Å². The number of carboxylic acids is 2. The molecule has 2 heterocycles. The second-order valence-electron chi connectivity index (χ2n) is 5.67. The van der Waals surface area contributed by atoms with E-state index in [1.807, 2.05) is 0 Å². The van der Waals surface area contributed by atoms with Gasteiger partial charge in [-0.15, -0.1) is 0 Å². The van der Waals surface area contributed by atoms with Crippen LogP contribution in [0.4, 0.5) is 0 Å². The Balaban J connectivity index is 0.000000281. The number of benzene rings is 2. The molecule has 140 valence electrons. The Labute approximate surface area is 204 Å². The summed E-state index contributed by atoms with van der Waals surface area (Å²) in [4.78, 5) is 28.5. The molecule has 10 heteroatoms. The smallest absolute Gasteiger partial charge is 0.543 e. The van der Waals surface area contributed by atoms with E-state index in [1.165, 1.54) is 24.3 Å². The third-order valence-electron chi connectivity index (χ3n) is 3.82. The molecule has 0 amide bonds. The molecule has 4 rings (SSSR count). The molecule has 2 N–H and O–H groups in total. The summed E-state index contributed by atoms with van der Waals surface area (Å²) in [5, 5.41) is 41.2. The summed E-state index contributed by atoms with van der Waals surface area (Å²) < 4.78 is 0. The summed E-state index contributed by atoms with van der Waals surface area (Å²) >= 11 is 0. The van der Waals surface area contributed by atoms with Crippen LogP contribution >= 0.6 is 0 Å². The van der Waals surface area contributed by atoms with Crippen LogP contribution in [0.1, 0.15) is 21.0 Å². The molecule has 0 spiro atoms. The van der Waals surface area contributed by atoms with Crippen molar-refractivity contribution in [2.45, 2.75) is 0 Å². The largest absolute Gasteiger partial charge is 1.00 e. The maximum atomic E-state index is 10.5. The summed E-state index contributed by atoms with van der Waals surface area (Å²) in [5.41, 5.74) is 0.182. The molecule has 0 aliphatic heterocycles. The van der Waals surface area contributed by atoms with Crippen molar-refractivity contribution in [3.8, 4) is 11.5 Å². The molecule has 0 atom stereocenters. The number of aromatic hydroxyl groups is 2. The molecule has 0 radical (unpaired) electrons. The van der Waals surface area contributed by atoms with Gasteiger partial charge in [0.15, 0.2) is 0 Å². The number of phenolic OH excluding ortho intramolecular Hbond substituents is 2. The van der Waals surface area contributed by atoms with E-state index in [4.69, 9.17) is 0 Å². The Hall–Kier alpha value is -2.60. The summed E-state index contributed by atoms with van der Waals surface area (Å²) in [5.74, 6) is -2.78. The van der Waals surface area contributed by atoms with Crippen LogP contribution in [0, 0.1) is 0 Å². The van der Waals surface area contributed by atoms with Crippen molar-refractivity contribution < 1.29 is 78.4 Å². The molecule has 0 unspecified atom stereocenters. The van der Waals surface area contributed by atoms with Gasteiger partial charge < -0.3 is 30.0 Å². The average molecular weight is 406 g/mol. The number of rotatable bonds is 2. The Morgan fingerprint density at radius 1 is 0.667 bits per heavy atom. The number of nitrogens with zero attached hydrogens (tertiary/aromatic N) is 2. The average Bonchev–Trinajstić information content (AvgIpc) is 2.68.